The van der Waals surface area contributed by atoms with Gasteiger partial charge in [0.25, 0.3) is 0 Å². The van der Waals surface area contributed by atoms with Crippen molar-refractivity contribution in [2.24, 2.45) is 0 Å². The molecule has 6 heteroatoms. The molecule has 0 spiro atoms. The Morgan fingerprint density at radius 2 is 2.14 bits per heavy atom. The van der Waals surface area contributed by atoms with E-state index in [1.165, 1.54) is 11.1 Å². The van der Waals surface area contributed by atoms with Gasteiger partial charge in [-0.1, -0.05) is 24.3 Å². The molecule has 1 amide bonds. The van der Waals surface area contributed by atoms with Gasteiger partial charge in [-0.2, -0.15) is 0 Å². The van der Waals surface area contributed by atoms with Crippen molar-refractivity contribution in [3.8, 4) is 0 Å². The second kappa shape index (κ2) is 6.54. The van der Waals surface area contributed by atoms with Crippen molar-refractivity contribution in [3.63, 3.8) is 0 Å². The molecule has 1 aliphatic rings. The molecule has 0 radical (unpaired) electrons. The van der Waals surface area contributed by atoms with Gasteiger partial charge in [-0.15, -0.1) is 21.5 Å². The molecule has 2 heterocycles. The Hall–Kier alpha value is -1.79. The summed E-state index contributed by atoms with van der Waals surface area (Å²) >= 11 is 1.59. The summed E-state index contributed by atoms with van der Waals surface area (Å²) in [7, 11) is 0. The number of likely N-dealkylation sites (N-methyl/N-ethyl adjacent to an activating group) is 1. The summed E-state index contributed by atoms with van der Waals surface area (Å²) in [5, 5.41) is 13.2. The third-order valence-corrected chi connectivity index (χ3v) is 4.73. The normalized spacial score (nSPS) is 18.0. The second-order valence-corrected chi connectivity index (χ2v) is 6.77. The predicted octanol–water partition coefficient (Wildman–Crippen LogP) is 1.91. The lowest BCUT2D eigenvalue weighted by Crippen LogP contribution is -2.49. The first kappa shape index (κ1) is 15.1. The molecule has 5 nitrogen and oxygen atoms in total. The van der Waals surface area contributed by atoms with E-state index in [1.807, 2.05) is 19.9 Å². The number of carbonyl (C=O) groups excluding carboxylic acids is 1. The Morgan fingerprint density at radius 3 is 2.82 bits per heavy atom. The minimum absolute atomic E-state index is 0.0956. The van der Waals surface area contributed by atoms with Crippen molar-refractivity contribution in [2.75, 3.05) is 6.54 Å². The number of aromatic nitrogens is 2. The third-order valence-electron chi connectivity index (χ3n) is 3.91. The van der Waals surface area contributed by atoms with Crippen LogP contribution in [-0.2, 0) is 24.3 Å². The summed E-state index contributed by atoms with van der Waals surface area (Å²) in [6.45, 7) is 6.00. The van der Waals surface area contributed by atoms with Crippen molar-refractivity contribution in [1.82, 2.24) is 20.4 Å². The van der Waals surface area contributed by atoms with Crippen molar-refractivity contribution >= 4 is 17.2 Å². The number of rotatable bonds is 4. The van der Waals surface area contributed by atoms with Gasteiger partial charge in [0.1, 0.15) is 10.0 Å². The van der Waals surface area contributed by atoms with E-state index in [2.05, 4.69) is 38.6 Å². The van der Waals surface area contributed by atoms with Crippen LogP contribution in [0.3, 0.4) is 0 Å². The molecule has 0 fully saturated rings. The molecular formula is C16H20N4OS. The summed E-state index contributed by atoms with van der Waals surface area (Å²) < 4.78 is 0. The van der Waals surface area contributed by atoms with E-state index in [-0.39, 0.29) is 11.9 Å². The van der Waals surface area contributed by atoms with E-state index in [0.717, 1.165) is 23.0 Å². The smallest absolute Gasteiger partial charge is 0.237 e. The van der Waals surface area contributed by atoms with Crippen molar-refractivity contribution in [3.05, 3.63) is 45.4 Å². The predicted molar refractivity (Wildman–Crippen MR) is 86.5 cm³/mol. The van der Waals surface area contributed by atoms with E-state index in [4.69, 9.17) is 0 Å². The van der Waals surface area contributed by atoms with Gasteiger partial charge in [0.15, 0.2) is 0 Å². The van der Waals surface area contributed by atoms with Crippen LogP contribution >= 0.6 is 11.3 Å². The molecule has 0 saturated carbocycles. The minimum atomic E-state index is -0.140. The monoisotopic (exact) mass is 316 g/mol. The standard InChI is InChI=1S/C16H20N4OS/c1-3-17-16(21)14-8-12-6-4-5-7-13(12)9-20(14)10-15-19-18-11(2)22-15/h4-7,14H,3,8-10H2,1-2H3,(H,17,21)/t14-/m1/s1. The zero-order valence-electron chi connectivity index (χ0n) is 12.9. The fourth-order valence-corrected chi connectivity index (χ4v) is 3.60. The SMILES string of the molecule is CCNC(=O)[C@H]1Cc2ccccc2CN1Cc1nnc(C)s1. The zero-order chi connectivity index (χ0) is 15.5. The first-order valence-corrected chi connectivity index (χ1v) is 8.36. The van der Waals surface area contributed by atoms with Crippen molar-refractivity contribution in [1.29, 1.82) is 0 Å². The van der Waals surface area contributed by atoms with Crippen LogP contribution in [0.15, 0.2) is 24.3 Å². The highest BCUT2D eigenvalue weighted by atomic mass is 32.1. The molecule has 0 saturated heterocycles. The van der Waals surface area contributed by atoms with Gasteiger partial charge in [0.05, 0.1) is 12.6 Å². The fraction of sp³-hybridized carbons (Fsp3) is 0.438. The highest BCUT2D eigenvalue weighted by Crippen LogP contribution is 2.25. The van der Waals surface area contributed by atoms with Gasteiger partial charge >= 0.3 is 0 Å². The molecule has 1 atom stereocenters. The Kier molecular flexibility index (Phi) is 4.49. The minimum Gasteiger partial charge on any atom is -0.355 e. The van der Waals surface area contributed by atoms with Crippen molar-refractivity contribution < 1.29 is 4.79 Å². The van der Waals surface area contributed by atoms with Gasteiger partial charge in [0.2, 0.25) is 5.91 Å². The molecule has 0 unspecified atom stereocenters. The van der Waals surface area contributed by atoms with Crippen LogP contribution in [0.5, 0.6) is 0 Å². The Morgan fingerprint density at radius 1 is 1.36 bits per heavy atom. The van der Waals surface area contributed by atoms with Crippen molar-refractivity contribution in [2.45, 2.75) is 39.4 Å². The van der Waals surface area contributed by atoms with E-state index in [1.54, 1.807) is 11.3 Å². The van der Waals surface area contributed by atoms with Gasteiger partial charge in [-0.25, -0.2) is 0 Å². The topological polar surface area (TPSA) is 58.1 Å². The van der Waals surface area contributed by atoms with E-state index < -0.39 is 0 Å². The Labute approximate surface area is 134 Å². The average Bonchev–Trinajstić information content (AvgIpc) is 2.92. The highest BCUT2D eigenvalue weighted by molar-refractivity contribution is 7.11. The Balaban J connectivity index is 1.85. The molecule has 3 rings (SSSR count). The largest absolute Gasteiger partial charge is 0.355 e. The summed E-state index contributed by atoms with van der Waals surface area (Å²) in [6, 6.07) is 8.21. The lowest BCUT2D eigenvalue weighted by Gasteiger charge is -2.35. The molecule has 2 aromatic rings. The first-order valence-electron chi connectivity index (χ1n) is 7.55. The number of benzene rings is 1. The van der Waals surface area contributed by atoms with Crippen LogP contribution in [0.2, 0.25) is 0 Å². The molecule has 1 N–H and O–H groups in total. The number of carbonyl (C=O) groups is 1. The average molecular weight is 316 g/mol. The fourth-order valence-electron chi connectivity index (χ4n) is 2.87. The molecule has 1 aromatic carbocycles. The quantitative estimate of drug-likeness (QED) is 0.936. The zero-order valence-corrected chi connectivity index (χ0v) is 13.7. The first-order chi connectivity index (χ1) is 10.7. The molecule has 0 bridgehead atoms. The number of amides is 1. The summed E-state index contributed by atoms with van der Waals surface area (Å²) in [5.74, 6) is 0.0956. The molecule has 1 aromatic heterocycles. The lowest BCUT2D eigenvalue weighted by molar-refractivity contribution is -0.127. The van der Waals surface area contributed by atoms with Crippen LogP contribution in [0.1, 0.15) is 28.1 Å². The van der Waals surface area contributed by atoms with Gasteiger partial charge < -0.3 is 5.32 Å². The van der Waals surface area contributed by atoms with E-state index in [0.29, 0.717) is 13.1 Å². The number of aryl methyl sites for hydroxylation is 1. The summed E-state index contributed by atoms with van der Waals surface area (Å²) in [4.78, 5) is 14.6. The number of fused-ring (bicyclic) bond motifs is 1. The van der Waals surface area contributed by atoms with Gasteiger partial charge in [-0.05, 0) is 31.4 Å². The van der Waals surface area contributed by atoms with Crippen LogP contribution in [0.4, 0.5) is 0 Å². The van der Waals surface area contributed by atoms with Crippen LogP contribution in [0.25, 0.3) is 0 Å². The molecule has 1 aliphatic heterocycles. The molecule has 22 heavy (non-hydrogen) atoms. The molecular weight excluding hydrogens is 296 g/mol. The maximum Gasteiger partial charge on any atom is 0.237 e. The summed E-state index contributed by atoms with van der Waals surface area (Å²) in [6.07, 6.45) is 0.750. The summed E-state index contributed by atoms with van der Waals surface area (Å²) in [5.41, 5.74) is 2.56. The number of hydrogen-bond acceptors (Lipinski definition) is 5. The van der Waals surface area contributed by atoms with Crippen LogP contribution in [-0.4, -0.2) is 33.6 Å². The third kappa shape index (κ3) is 3.18. The maximum atomic E-state index is 12.4. The van der Waals surface area contributed by atoms with E-state index in [9.17, 15) is 4.79 Å². The Bertz CT molecular complexity index is 670. The maximum absolute atomic E-state index is 12.4. The van der Waals surface area contributed by atoms with Crippen LogP contribution in [0, 0.1) is 6.92 Å². The molecule has 0 aliphatic carbocycles. The second-order valence-electron chi connectivity index (χ2n) is 5.50. The number of hydrogen-bond donors (Lipinski definition) is 1. The van der Waals surface area contributed by atoms with Gasteiger partial charge in [0, 0.05) is 13.1 Å². The highest BCUT2D eigenvalue weighted by Gasteiger charge is 2.31. The molecule has 116 valence electrons. The number of nitrogens with zero attached hydrogens (tertiary/aromatic N) is 3. The van der Waals surface area contributed by atoms with Gasteiger partial charge in [-0.3, -0.25) is 9.69 Å². The van der Waals surface area contributed by atoms with E-state index >= 15 is 0 Å². The van der Waals surface area contributed by atoms with Crippen LogP contribution < -0.4 is 5.32 Å². The number of nitrogens with one attached hydrogen (secondary N) is 1. The lowest BCUT2D eigenvalue weighted by atomic mass is 9.93.